The van der Waals surface area contributed by atoms with Crippen molar-refractivity contribution < 1.29 is 13.2 Å². The molecule has 0 fully saturated rings. The van der Waals surface area contributed by atoms with Gasteiger partial charge in [-0.25, -0.2) is 8.42 Å². The number of nitrogens with one attached hydrogen (secondary N) is 1. The molecular weight excluding hydrogens is 356 g/mol. The van der Waals surface area contributed by atoms with Crippen LogP contribution in [0.3, 0.4) is 0 Å². The van der Waals surface area contributed by atoms with E-state index >= 15 is 0 Å². The van der Waals surface area contributed by atoms with Crippen LogP contribution in [-0.2, 0) is 14.6 Å². The fourth-order valence-corrected chi connectivity index (χ4v) is 5.91. The zero-order valence-electron chi connectivity index (χ0n) is 13.0. The Bertz CT molecular complexity index is 1030. The van der Waals surface area contributed by atoms with Gasteiger partial charge in [0.15, 0.2) is 0 Å². The smallest absolute Gasteiger partial charge is 0.225 e. The molecule has 1 aliphatic rings. The van der Waals surface area contributed by atoms with Crippen LogP contribution >= 0.6 is 11.3 Å². The molecule has 0 radical (unpaired) electrons. The van der Waals surface area contributed by atoms with E-state index in [-0.39, 0.29) is 28.0 Å². The highest BCUT2D eigenvalue weighted by molar-refractivity contribution is 7.91. The molecule has 0 bridgehead atoms. The van der Waals surface area contributed by atoms with Crippen LogP contribution in [0.2, 0.25) is 0 Å². The van der Waals surface area contributed by atoms with Crippen molar-refractivity contribution in [1.29, 1.82) is 0 Å². The van der Waals surface area contributed by atoms with E-state index in [1.54, 1.807) is 48.1 Å². The number of rotatable bonds is 3. The van der Waals surface area contributed by atoms with E-state index in [2.05, 4.69) is 10.3 Å². The summed E-state index contributed by atoms with van der Waals surface area (Å²) in [5.74, 6) is -0.369. The van der Waals surface area contributed by atoms with Crippen molar-refractivity contribution in [2.75, 3.05) is 5.32 Å². The Labute approximate surface area is 149 Å². The number of amides is 1. The van der Waals surface area contributed by atoms with Gasteiger partial charge in [0.2, 0.25) is 15.7 Å². The van der Waals surface area contributed by atoms with Gasteiger partial charge in [-0.2, -0.15) is 0 Å². The van der Waals surface area contributed by atoms with E-state index in [1.807, 2.05) is 12.1 Å². The minimum atomic E-state index is -3.69. The highest BCUT2D eigenvalue weighted by Gasteiger charge is 2.34. The first-order valence-electron chi connectivity index (χ1n) is 7.68. The van der Waals surface area contributed by atoms with Gasteiger partial charge in [0.05, 0.1) is 10.6 Å². The number of pyridine rings is 1. The number of aromatic nitrogens is 1. The molecule has 1 unspecified atom stereocenters. The largest absolute Gasteiger partial charge is 0.324 e. The first kappa shape index (κ1) is 16.0. The van der Waals surface area contributed by atoms with Crippen molar-refractivity contribution in [1.82, 2.24) is 4.98 Å². The van der Waals surface area contributed by atoms with E-state index in [9.17, 15) is 13.2 Å². The van der Waals surface area contributed by atoms with Crippen molar-refractivity contribution in [3.8, 4) is 0 Å². The third-order valence-corrected chi connectivity index (χ3v) is 7.23. The number of carbonyl (C=O) groups is 1. The predicted octanol–water partition coefficient (Wildman–Crippen LogP) is 3.45. The monoisotopic (exact) mass is 370 g/mol. The molecule has 25 heavy (non-hydrogen) atoms. The van der Waals surface area contributed by atoms with Gasteiger partial charge in [-0.3, -0.25) is 9.78 Å². The summed E-state index contributed by atoms with van der Waals surface area (Å²) in [6, 6.07) is 12.0. The SMILES string of the molecule is O=C1CC(c2cccnc2)c2scc(S(=O)(=O)c3ccccc3)c2N1. The number of hydrogen-bond donors (Lipinski definition) is 1. The molecule has 1 N–H and O–H groups in total. The van der Waals surface area contributed by atoms with Crippen LogP contribution < -0.4 is 5.32 Å². The van der Waals surface area contributed by atoms with Gasteiger partial charge < -0.3 is 5.32 Å². The maximum absolute atomic E-state index is 13.0. The number of hydrogen-bond acceptors (Lipinski definition) is 5. The van der Waals surface area contributed by atoms with Crippen molar-refractivity contribution in [3.63, 3.8) is 0 Å². The van der Waals surface area contributed by atoms with Gasteiger partial charge >= 0.3 is 0 Å². The molecule has 0 saturated heterocycles. The number of sulfone groups is 1. The zero-order chi connectivity index (χ0) is 17.4. The van der Waals surface area contributed by atoms with Crippen molar-refractivity contribution in [2.24, 2.45) is 0 Å². The summed E-state index contributed by atoms with van der Waals surface area (Å²) in [5, 5.41) is 4.37. The average Bonchev–Trinajstić information content (AvgIpc) is 3.07. The number of anilines is 1. The van der Waals surface area contributed by atoms with Crippen molar-refractivity contribution >= 4 is 32.8 Å². The molecule has 1 aliphatic heterocycles. The van der Waals surface area contributed by atoms with Gasteiger partial charge in [0, 0.05) is 35.0 Å². The maximum atomic E-state index is 13.0. The molecular formula is C18H14N2O3S2. The molecule has 1 amide bonds. The Morgan fingerprint density at radius 1 is 1.12 bits per heavy atom. The Hall–Kier alpha value is -2.51. The molecule has 7 heteroatoms. The lowest BCUT2D eigenvalue weighted by molar-refractivity contribution is -0.116. The molecule has 126 valence electrons. The Morgan fingerprint density at radius 3 is 2.64 bits per heavy atom. The van der Waals surface area contributed by atoms with E-state index in [0.717, 1.165) is 10.4 Å². The fourth-order valence-electron chi connectivity index (χ4n) is 2.98. The van der Waals surface area contributed by atoms with Crippen LogP contribution in [0.1, 0.15) is 22.8 Å². The van der Waals surface area contributed by atoms with E-state index in [0.29, 0.717) is 5.69 Å². The minimum absolute atomic E-state index is 0.153. The number of nitrogens with zero attached hydrogens (tertiary/aromatic N) is 1. The second kappa shape index (κ2) is 6.09. The Kier molecular flexibility index (Phi) is 3.89. The first-order chi connectivity index (χ1) is 12.1. The molecule has 0 saturated carbocycles. The summed E-state index contributed by atoms with van der Waals surface area (Å²) in [6.07, 6.45) is 3.68. The second-order valence-corrected chi connectivity index (χ2v) is 8.58. The van der Waals surface area contributed by atoms with Crippen molar-refractivity contribution in [3.05, 3.63) is 70.7 Å². The summed E-state index contributed by atoms with van der Waals surface area (Å²) in [7, 11) is -3.69. The average molecular weight is 370 g/mol. The van der Waals surface area contributed by atoms with Crippen LogP contribution in [0, 0.1) is 0 Å². The van der Waals surface area contributed by atoms with Crippen LogP contribution in [0.25, 0.3) is 0 Å². The zero-order valence-corrected chi connectivity index (χ0v) is 14.7. The number of thiophene rings is 1. The molecule has 3 heterocycles. The standard InChI is InChI=1S/C18H14N2O3S2/c21-16-9-14(12-5-4-8-19-10-12)18-17(20-16)15(11-24-18)25(22,23)13-6-2-1-3-7-13/h1-8,10-11,14H,9H2,(H,20,21). The fraction of sp³-hybridized carbons (Fsp3) is 0.111. The Morgan fingerprint density at radius 2 is 1.92 bits per heavy atom. The Balaban J connectivity index is 1.85. The lowest BCUT2D eigenvalue weighted by Crippen LogP contribution is -2.23. The van der Waals surface area contributed by atoms with Gasteiger partial charge in [-0.1, -0.05) is 24.3 Å². The van der Waals surface area contributed by atoms with Gasteiger partial charge in [0.25, 0.3) is 0 Å². The molecule has 1 atom stereocenters. The normalized spacial score (nSPS) is 17.0. The number of carbonyl (C=O) groups excluding carboxylic acids is 1. The van der Waals surface area contributed by atoms with E-state index in [4.69, 9.17) is 0 Å². The summed E-state index contributed by atoms with van der Waals surface area (Å²) in [6.45, 7) is 0. The van der Waals surface area contributed by atoms with Gasteiger partial charge in [0.1, 0.15) is 4.90 Å². The van der Waals surface area contributed by atoms with E-state index < -0.39 is 9.84 Å². The quantitative estimate of drug-likeness (QED) is 0.766. The topological polar surface area (TPSA) is 76.1 Å². The molecule has 4 rings (SSSR count). The highest BCUT2D eigenvalue weighted by Crippen LogP contribution is 2.45. The molecule has 5 nitrogen and oxygen atoms in total. The third kappa shape index (κ3) is 2.75. The second-order valence-electron chi connectivity index (χ2n) is 5.75. The highest BCUT2D eigenvalue weighted by atomic mass is 32.2. The number of benzene rings is 1. The molecule has 3 aromatic rings. The molecule has 1 aromatic carbocycles. The summed E-state index contributed by atoms with van der Waals surface area (Å²) >= 11 is 1.36. The first-order valence-corrected chi connectivity index (χ1v) is 10.0. The maximum Gasteiger partial charge on any atom is 0.225 e. The lowest BCUT2D eigenvalue weighted by Gasteiger charge is -2.23. The lowest BCUT2D eigenvalue weighted by atomic mass is 9.92. The van der Waals surface area contributed by atoms with E-state index in [1.165, 1.54) is 11.3 Å². The van der Waals surface area contributed by atoms with Crippen LogP contribution in [-0.4, -0.2) is 19.3 Å². The van der Waals surface area contributed by atoms with Crippen molar-refractivity contribution in [2.45, 2.75) is 22.1 Å². The summed E-state index contributed by atoms with van der Waals surface area (Å²) < 4.78 is 25.9. The van der Waals surface area contributed by atoms with Gasteiger partial charge in [-0.15, -0.1) is 11.3 Å². The van der Waals surface area contributed by atoms with Crippen LogP contribution in [0.15, 0.2) is 70.0 Å². The predicted molar refractivity (Wildman–Crippen MR) is 95.5 cm³/mol. The summed E-state index contributed by atoms with van der Waals surface area (Å²) in [4.78, 5) is 17.5. The minimum Gasteiger partial charge on any atom is -0.324 e. The van der Waals surface area contributed by atoms with Crippen LogP contribution in [0.4, 0.5) is 5.69 Å². The van der Waals surface area contributed by atoms with Crippen LogP contribution in [0.5, 0.6) is 0 Å². The molecule has 2 aromatic heterocycles. The molecule has 0 spiro atoms. The number of fused-ring (bicyclic) bond motifs is 1. The molecule has 0 aliphatic carbocycles. The third-order valence-electron chi connectivity index (χ3n) is 4.19. The van der Waals surface area contributed by atoms with Gasteiger partial charge in [-0.05, 0) is 23.8 Å². The summed E-state index contributed by atoms with van der Waals surface area (Å²) in [5.41, 5.74) is 1.31.